The lowest BCUT2D eigenvalue weighted by molar-refractivity contribution is 0.0697. The minimum absolute atomic E-state index is 0.327. The number of hydrogen-bond acceptors (Lipinski definition) is 3. The van der Waals surface area contributed by atoms with Crippen LogP contribution in [0.4, 0.5) is 0 Å². The third kappa shape index (κ3) is 5.04. The highest BCUT2D eigenvalue weighted by Gasteiger charge is 2.21. The van der Waals surface area contributed by atoms with E-state index in [1.54, 1.807) is 12.1 Å². The Balaban J connectivity index is 1.57. The number of nitrogens with zero attached hydrogens (tertiary/aromatic N) is 3. The molecule has 0 unspecified atom stereocenters. The van der Waals surface area contributed by atoms with Crippen LogP contribution in [0.2, 0.25) is 0 Å². The normalized spacial score (nSPS) is 14.6. The summed E-state index contributed by atoms with van der Waals surface area (Å²) in [6.45, 7) is 2.20. The van der Waals surface area contributed by atoms with E-state index in [-0.39, 0.29) is 0 Å². The summed E-state index contributed by atoms with van der Waals surface area (Å²) in [4.78, 5) is 16.5. The van der Waals surface area contributed by atoms with E-state index in [1.807, 2.05) is 24.3 Å². The van der Waals surface area contributed by atoms with Crippen LogP contribution in [-0.2, 0) is 12.8 Å². The van der Waals surface area contributed by atoms with Gasteiger partial charge in [0.2, 0.25) is 0 Å². The van der Waals surface area contributed by atoms with E-state index in [0.29, 0.717) is 11.6 Å². The highest BCUT2D eigenvalue weighted by atomic mass is 16.4. The molecule has 0 atom stereocenters. The molecule has 1 aliphatic rings. The summed E-state index contributed by atoms with van der Waals surface area (Å²) in [6, 6.07) is 15.8. The number of hydrogen-bond donors (Lipinski definition) is 1. The molecule has 31 heavy (non-hydrogen) atoms. The smallest absolute Gasteiger partial charge is 0.336 e. The largest absolute Gasteiger partial charge is 0.478 e. The number of unbranched alkanes of at least 4 members (excludes halogenated alkanes) is 1. The van der Waals surface area contributed by atoms with Gasteiger partial charge in [0, 0.05) is 12.8 Å². The number of carboxylic acid groups (broad SMARTS) is 1. The van der Waals surface area contributed by atoms with Gasteiger partial charge in [-0.25, -0.2) is 14.5 Å². The number of rotatable bonds is 8. The molecule has 0 aliphatic heterocycles. The molecule has 5 nitrogen and oxygen atoms in total. The van der Waals surface area contributed by atoms with Gasteiger partial charge < -0.3 is 5.11 Å². The van der Waals surface area contributed by atoms with Crippen molar-refractivity contribution in [3.8, 4) is 11.1 Å². The first kappa shape index (κ1) is 21.3. The number of carboxylic acids is 1. The zero-order valence-corrected chi connectivity index (χ0v) is 18.3. The lowest BCUT2D eigenvalue weighted by Gasteiger charge is -2.23. The van der Waals surface area contributed by atoms with Gasteiger partial charge in [0.25, 0.3) is 0 Å². The molecule has 0 amide bonds. The van der Waals surface area contributed by atoms with Crippen molar-refractivity contribution in [2.75, 3.05) is 0 Å². The molecule has 1 saturated carbocycles. The Bertz CT molecular complexity index is 1020. The summed E-state index contributed by atoms with van der Waals surface area (Å²) >= 11 is 0. The van der Waals surface area contributed by atoms with Crippen molar-refractivity contribution in [3.05, 3.63) is 71.3 Å². The molecule has 0 bridgehead atoms. The third-order valence-corrected chi connectivity index (χ3v) is 6.20. The second-order valence-electron chi connectivity index (χ2n) is 8.51. The van der Waals surface area contributed by atoms with Gasteiger partial charge in [-0.3, -0.25) is 0 Å². The van der Waals surface area contributed by atoms with Crippen LogP contribution in [0.25, 0.3) is 11.1 Å². The Morgan fingerprint density at radius 2 is 1.81 bits per heavy atom. The Morgan fingerprint density at radius 1 is 1.06 bits per heavy atom. The van der Waals surface area contributed by atoms with Crippen LogP contribution in [0.1, 0.15) is 85.5 Å². The number of aryl methyl sites for hydroxylation is 1. The first-order valence-corrected chi connectivity index (χ1v) is 11.5. The Morgan fingerprint density at radius 3 is 2.52 bits per heavy atom. The number of carbonyl (C=O) groups is 1. The molecule has 1 fully saturated rings. The summed E-state index contributed by atoms with van der Waals surface area (Å²) in [7, 11) is 0. The van der Waals surface area contributed by atoms with E-state index in [9.17, 15) is 9.90 Å². The van der Waals surface area contributed by atoms with E-state index in [4.69, 9.17) is 10.1 Å². The average molecular weight is 418 g/mol. The van der Waals surface area contributed by atoms with Crippen molar-refractivity contribution in [3.63, 3.8) is 0 Å². The highest BCUT2D eigenvalue weighted by molar-refractivity contribution is 5.95. The quantitative estimate of drug-likeness (QED) is 0.482. The van der Waals surface area contributed by atoms with Crippen molar-refractivity contribution in [1.29, 1.82) is 0 Å². The van der Waals surface area contributed by atoms with Crippen LogP contribution < -0.4 is 0 Å². The number of benzene rings is 2. The van der Waals surface area contributed by atoms with Crippen molar-refractivity contribution < 1.29 is 9.90 Å². The van der Waals surface area contributed by atoms with Crippen LogP contribution in [0.5, 0.6) is 0 Å². The fourth-order valence-corrected chi connectivity index (χ4v) is 4.49. The van der Waals surface area contributed by atoms with Gasteiger partial charge in [-0.2, -0.15) is 5.10 Å². The second kappa shape index (κ2) is 9.90. The minimum Gasteiger partial charge on any atom is -0.478 e. The van der Waals surface area contributed by atoms with Crippen LogP contribution >= 0.6 is 0 Å². The van der Waals surface area contributed by atoms with Gasteiger partial charge in [0.1, 0.15) is 5.82 Å². The van der Waals surface area contributed by atoms with E-state index < -0.39 is 5.97 Å². The summed E-state index contributed by atoms with van der Waals surface area (Å²) in [5.41, 5.74) is 3.16. The number of aromatic carboxylic acids is 1. The molecule has 1 aromatic heterocycles. The third-order valence-electron chi connectivity index (χ3n) is 6.20. The molecule has 0 saturated heterocycles. The van der Waals surface area contributed by atoms with E-state index in [2.05, 4.69) is 23.7 Å². The SMILES string of the molecule is CCCCc1nc(Cc2ccc(-c3ccccc3C(=O)O)cc2)n(C2CCCCC2)n1. The number of aromatic nitrogens is 3. The van der Waals surface area contributed by atoms with Gasteiger partial charge in [-0.05, 0) is 42.0 Å². The van der Waals surface area contributed by atoms with Crippen LogP contribution in [0.3, 0.4) is 0 Å². The Kier molecular flexibility index (Phi) is 6.80. The van der Waals surface area contributed by atoms with Gasteiger partial charge >= 0.3 is 5.97 Å². The first-order chi connectivity index (χ1) is 15.2. The van der Waals surface area contributed by atoms with Crippen LogP contribution in [0, 0.1) is 0 Å². The van der Waals surface area contributed by atoms with Gasteiger partial charge in [0.05, 0.1) is 11.6 Å². The lowest BCUT2D eigenvalue weighted by Crippen LogP contribution is -2.17. The standard InChI is InChI=1S/C26H31N3O2/c1-2-3-13-24-27-25(29(28-24)21-9-5-4-6-10-21)18-19-14-16-20(17-15-19)22-11-7-8-12-23(22)26(30)31/h7-8,11-12,14-17,21H,2-6,9-10,13,18H2,1H3,(H,30,31). The molecule has 0 radical (unpaired) electrons. The molecule has 1 aliphatic carbocycles. The maximum atomic E-state index is 11.6. The van der Waals surface area contributed by atoms with Crippen LogP contribution in [0.15, 0.2) is 48.5 Å². The average Bonchev–Trinajstić information content (AvgIpc) is 3.21. The predicted octanol–water partition coefficient (Wildman–Crippen LogP) is 6.08. The maximum Gasteiger partial charge on any atom is 0.336 e. The minimum atomic E-state index is -0.903. The Hall–Kier alpha value is -2.95. The highest BCUT2D eigenvalue weighted by Crippen LogP contribution is 2.30. The van der Waals surface area contributed by atoms with E-state index in [1.165, 1.54) is 37.7 Å². The van der Waals surface area contributed by atoms with E-state index >= 15 is 0 Å². The van der Waals surface area contributed by atoms with Crippen molar-refractivity contribution in [2.45, 2.75) is 70.8 Å². The topological polar surface area (TPSA) is 68.0 Å². The predicted molar refractivity (Wildman–Crippen MR) is 122 cm³/mol. The molecule has 4 rings (SSSR count). The van der Waals surface area contributed by atoms with Gasteiger partial charge in [-0.15, -0.1) is 0 Å². The molecule has 0 spiro atoms. The van der Waals surface area contributed by atoms with Crippen molar-refractivity contribution in [1.82, 2.24) is 14.8 Å². The van der Waals surface area contributed by atoms with Crippen molar-refractivity contribution in [2.24, 2.45) is 0 Å². The summed E-state index contributed by atoms with van der Waals surface area (Å²) < 4.78 is 2.21. The maximum absolute atomic E-state index is 11.6. The monoisotopic (exact) mass is 417 g/mol. The zero-order chi connectivity index (χ0) is 21.6. The molecule has 3 aromatic rings. The molecule has 5 heteroatoms. The molecule has 162 valence electrons. The lowest BCUT2D eigenvalue weighted by atomic mass is 9.95. The van der Waals surface area contributed by atoms with Gasteiger partial charge in [-0.1, -0.05) is 75.1 Å². The molecule has 1 N–H and O–H groups in total. The Labute approximate surface area is 184 Å². The molecule has 1 heterocycles. The second-order valence-corrected chi connectivity index (χ2v) is 8.51. The molecular formula is C26H31N3O2. The molecule has 2 aromatic carbocycles. The fraction of sp³-hybridized carbons (Fsp3) is 0.423. The first-order valence-electron chi connectivity index (χ1n) is 11.5. The zero-order valence-electron chi connectivity index (χ0n) is 18.3. The van der Waals surface area contributed by atoms with Crippen LogP contribution in [-0.4, -0.2) is 25.8 Å². The fourth-order valence-electron chi connectivity index (χ4n) is 4.49. The van der Waals surface area contributed by atoms with Gasteiger partial charge in [0.15, 0.2) is 5.82 Å². The summed E-state index contributed by atoms with van der Waals surface area (Å²) in [6.07, 6.45) is 10.2. The van der Waals surface area contributed by atoms with Crippen molar-refractivity contribution >= 4 is 5.97 Å². The van der Waals surface area contributed by atoms with E-state index in [0.717, 1.165) is 48.5 Å². The summed E-state index contributed by atoms with van der Waals surface area (Å²) in [5, 5.41) is 14.4. The summed E-state index contributed by atoms with van der Waals surface area (Å²) in [5.74, 6) is 1.12. The molecular weight excluding hydrogens is 386 g/mol.